The Morgan fingerprint density at radius 3 is 0.638 bits per heavy atom. The minimum atomic E-state index is -4.25. The molecule has 0 aliphatic rings. The molecule has 47 heavy (non-hydrogen) atoms. The summed E-state index contributed by atoms with van der Waals surface area (Å²) in [5, 5.41) is 5.59. The summed E-state index contributed by atoms with van der Waals surface area (Å²) in [6.07, 6.45) is 0. The van der Waals surface area contributed by atoms with Gasteiger partial charge in [0.15, 0.2) is 0 Å². The van der Waals surface area contributed by atoms with Crippen LogP contribution in [0.3, 0.4) is 0 Å². The van der Waals surface area contributed by atoms with Gasteiger partial charge in [0.2, 0.25) is 0 Å². The molecule has 0 radical (unpaired) electrons. The zero-order chi connectivity index (χ0) is 33.1. The van der Waals surface area contributed by atoms with Gasteiger partial charge < -0.3 is 9.11 Å². The van der Waals surface area contributed by atoms with Crippen molar-refractivity contribution in [1.82, 2.24) is 0 Å². The molecule has 0 N–H and O–H groups in total. The van der Waals surface area contributed by atoms with E-state index in [2.05, 4.69) is 121 Å². The molecule has 0 spiro atoms. The molecular formula is C36H32HgO6P2S2. The fraction of sp³-hybridized carbons (Fsp3) is 0. The van der Waals surface area contributed by atoms with Crippen molar-refractivity contribution in [3.63, 3.8) is 0 Å². The van der Waals surface area contributed by atoms with Crippen LogP contribution in [0.25, 0.3) is 0 Å². The summed E-state index contributed by atoms with van der Waals surface area (Å²) < 4.78 is 61.7. The van der Waals surface area contributed by atoms with Crippen LogP contribution in [0, 0.1) is 0 Å². The average molecular weight is 887 g/mol. The van der Waals surface area contributed by atoms with E-state index in [1.807, 2.05) is 0 Å². The number of benzene rings is 6. The summed E-state index contributed by atoms with van der Waals surface area (Å²) in [5.74, 6) is 0. The summed E-state index contributed by atoms with van der Waals surface area (Å²) in [7, 11) is -6.95. The van der Waals surface area contributed by atoms with Gasteiger partial charge >= 0.3 is 27.7 Å². The molecule has 0 saturated heterocycles. The summed E-state index contributed by atoms with van der Waals surface area (Å²) in [6, 6.07) is 56.7. The number of rotatable bonds is 6. The summed E-state index contributed by atoms with van der Waals surface area (Å²) in [6.45, 7) is 0. The van der Waals surface area contributed by atoms with Crippen LogP contribution in [0.4, 0.5) is 0 Å². The van der Waals surface area contributed by atoms with Gasteiger partial charge in [-0.2, -0.15) is 0 Å². The van der Waals surface area contributed by atoms with Crippen molar-refractivity contribution in [3.05, 3.63) is 182 Å². The zero-order valence-electron chi connectivity index (χ0n) is 25.3. The third kappa shape index (κ3) is 17.1. The maximum atomic E-state index is 10.3. The Hall–Kier alpha value is -3.06. The smallest absolute Gasteiger partial charge is 0.744 e. The maximum Gasteiger partial charge on any atom is 2.00 e. The first-order valence-electron chi connectivity index (χ1n) is 13.9. The van der Waals surface area contributed by atoms with Crippen LogP contribution in [-0.4, -0.2) is 25.9 Å². The van der Waals surface area contributed by atoms with E-state index in [0.717, 1.165) is 17.2 Å². The molecule has 236 valence electrons. The third-order valence-electron chi connectivity index (χ3n) is 5.74. The Kier molecular flexibility index (Phi) is 18.6. The molecular weight excluding hydrogens is 855 g/mol. The summed E-state index contributed by atoms with van der Waals surface area (Å²) in [5.41, 5.74) is 0. The standard InChI is InChI=1S/2C12H11P.2C6H6O3S.Hg/c2*1-3-7-11(8-4-1)13-12-9-5-2-6-10-12;2*7-10(8,9)6-4-2-1-3-5-6;/h2*1-10,13H;2*1-5H,(H,7,8,9);/q;;;;+2/p-2. The molecule has 0 aromatic heterocycles. The number of hydrogen-bond donors (Lipinski definition) is 0. The van der Waals surface area contributed by atoms with Crippen molar-refractivity contribution in [2.75, 3.05) is 0 Å². The van der Waals surface area contributed by atoms with Gasteiger partial charge in [0.25, 0.3) is 0 Å². The van der Waals surface area contributed by atoms with E-state index < -0.39 is 20.2 Å². The first-order valence-corrected chi connectivity index (χ1v) is 18.7. The Bertz CT molecular complexity index is 1690. The van der Waals surface area contributed by atoms with Crippen LogP contribution in [0.5, 0.6) is 0 Å². The first-order chi connectivity index (χ1) is 22.1. The third-order valence-corrected chi connectivity index (χ3v) is 9.92. The molecule has 0 saturated carbocycles. The van der Waals surface area contributed by atoms with Crippen LogP contribution < -0.4 is 21.2 Å². The molecule has 0 atom stereocenters. The zero-order valence-corrected chi connectivity index (χ0v) is 34.4. The minimum Gasteiger partial charge on any atom is -0.744 e. The number of hydrogen-bond acceptors (Lipinski definition) is 6. The van der Waals surface area contributed by atoms with E-state index in [-0.39, 0.29) is 37.5 Å². The van der Waals surface area contributed by atoms with Crippen LogP contribution >= 0.6 is 17.2 Å². The Labute approximate surface area is 301 Å². The van der Waals surface area contributed by atoms with Crippen LogP contribution in [0.2, 0.25) is 0 Å². The SMILES string of the molecule is O=S(=O)([O-])c1ccccc1.O=S(=O)([O-])c1ccccc1.[Hg+2].c1ccc(Pc2ccccc2)cc1.c1ccc(Pc2ccccc2)cc1. The van der Waals surface area contributed by atoms with Gasteiger partial charge in [-0.3, -0.25) is 0 Å². The Morgan fingerprint density at radius 1 is 0.319 bits per heavy atom. The molecule has 0 unspecified atom stereocenters. The van der Waals surface area contributed by atoms with Crippen molar-refractivity contribution in [3.8, 4) is 0 Å². The minimum absolute atomic E-state index is 0. The second-order valence-corrected chi connectivity index (χ2v) is 14.8. The van der Waals surface area contributed by atoms with Crippen LogP contribution in [0.15, 0.2) is 192 Å². The van der Waals surface area contributed by atoms with Crippen LogP contribution in [-0.2, 0) is 47.9 Å². The summed E-state index contributed by atoms with van der Waals surface area (Å²) in [4.78, 5) is -0.370. The molecule has 11 heteroatoms. The fourth-order valence-corrected chi connectivity index (χ4v) is 6.68. The van der Waals surface area contributed by atoms with Gasteiger partial charge in [-0.15, -0.1) is 0 Å². The van der Waals surface area contributed by atoms with Gasteiger partial charge in [-0.1, -0.05) is 175 Å². The molecule has 6 aromatic carbocycles. The maximum absolute atomic E-state index is 10.3. The normalized spacial score (nSPS) is 10.3. The molecule has 0 bridgehead atoms. The van der Waals surface area contributed by atoms with Crippen molar-refractivity contribution < 1.29 is 53.6 Å². The predicted molar refractivity (Wildman–Crippen MR) is 190 cm³/mol. The molecule has 0 heterocycles. The molecule has 0 aliphatic heterocycles. The molecule has 0 amide bonds. The first kappa shape index (κ1) is 40.1. The van der Waals surface area contributed by atoms with E-state index in [0.29, 0.717) is 0 Å². The van der Waals surface area contributed by atoms with Crippen LogP contribution in [0.1, 0.15) is 0 Å². The Morgan fingerprint density at radius 2 is 0.489 bits per heavy atom. The van der Waals surface area contributed by atoms with Crippen molar-refractivity contribution in [2.45, 2.75) is 9.79 Å². The van der Waals surface area contributed by atoms with E-state index in [1.54, 1.807) is 12.1 Å². The monoisotopic (exact) mass is 888 g/mol. The quantitative estimate of drug-likeness (QED) is 0.119. The van der Waals surface area contributed by atoms with Crippen molar-refractivity contribution in [2.24, 2.45) is 0 Å². The second-order valence-electron chi connectivity index (χ2n) is 9.25. The predicted octanol–water partition coefficient (Wildman–Crippen LogP) is 5.81. The van der Waals surface area contributed by atoms with Gasteiger partial charge in [-0.25, -0.2) is 16.8 Å². The summed E-state index contributed by atoms with van der Waals surface area (Å²) >= 11 is 0. The second kappa shape index (κ2) is 21.7. The van der Waals surface area contributed by atoms with Gasteiger partial charge in [0, 0.05) is 0 Å². The van der Waals surface area contributed by atoms with E-state index in [4.69, 9.17) is 0 Å². The molecule has 0 aliphatic carbocycles. The van der Waals surface area contributed by atoms with Gasteiger partial charge in [0.05, 0.1) is 9.79 Å². The van der Waals surface area contributed by atoms with E-state index in [9.17, 15) is 25.9 Å². The molecule has 6 nitrogen and oxygen atoms in total. The van der Waals surface area contributed by atoms with Gasteiger partial charge in [-0.05, 0) is 45.5 Å². The molecule has 6 aromatic rings. The fourth-order valence-electron chi connectivity index (χ4n) is 3.59. The Balaban J connectivity index is 0.000000218. The average Bonchev–Trinajstić information content (AvgIpc) is 3.08. The molecule has 0 fully saturated rings. The van der Waals surface area contributed by atoms with Crippen molar-refractivity contribution in [1.29, 1.82) is 0 Å². The molecule has 6 rings (SSSR count). The van der Waals surface area contributed by atoms with Crippen molar-refractivity contribution >= 4 is 58.6 Å². The largest absolute Gasteiger partial charge is 2.00 e. The van der Waals surface area contributed by atoms with Gasteiger partial charge in [0.1, 0.15) is 20.2 Å². The van der Waals surface area contributed by atoms with E-state index >= 15 is 0 Å². The topological polar surface area (TPSA) is 114 Å². The van der Waals surface area contributed by atoms with E-state index in [1.165, 1.54) is 69.7 Å².